The lowest BCUT2D eigenvalue weighted by Gasteiger charge is -2.00. The molecule has 0 bridgehead atoms. The van der Waals surface area contributed by atoms with E-state index in [1.165, 1.54) is 0 Å². The first-order chi connectivity index (χ1) is 6.20. The maximum atomic E-state index is 5.69. The number of aromatic nitrogens is 3. The van der Waals surface area contributed by atoms with E-state index < -0.39 is 0 Å². The minimum absolute atomic E-state index is 0.550. The lowest BCUT2D eigenvalue weighted by molar-refractivity contribution is 0.938. The topological polar surface area (TPSA) is 59.6 Å². The van der Waals surface area contributed by atoms with Crippen molar-refractivity contribution in [1.82, 2.24) is 14.5 Å². The Morgan fingerprint density at radius 2 is 2.31 bits per heavy atom. The first-order valence-electron chi connectivity index (χ1n) is 4.12. The van der Waals surface area contributed by atoms with Gasteiger partial charge in [-0.1, -0.05) is 0 Å². The van der Waals surface area contributed by atoms with Crippen molar-refractivity contribution in [2.45, 2.75) is 6.92 Å². The van der Waals surface area contributed by atoms with E-state index in [1.807, 2.05) is 37.0 Å². The molecule has 13 heavy (non-hydrogen) atoms. The molecule has 0 saturated carbocycles. The molecule has 0 amide bonds. The van der Waals surface area contributed by atoms with Crippen LogP contribution in [0.25, 0.3) is 11.3 Å². The highest BCUT2D eigenvalue weighted by atomic mass is 15.1. The highest BCUT2D eigenvalue weighted by molar-refractivity contribution is 5.63. The van der Waals surface area contributed by atoms with Crippen molar-refractivity contribution in [1.29, 1.82) is 0 Å². The van der Waals surface area contributed by atoms with E-state index in [1.54, 1.807) is 0 Å². The van der Waals surface area contributed by atoms with Crippen LogP contribution in [0.4, 0.5) is 5.95 Å². The Labute approximate surface area is 76.4 Å². The molecule has 2 heterocycles. The molecule has 0 unspecified atom stereocenters. The number of nitrogens with two attached hydrogens (primary N) is 1. The summed E-state index contributed by atoms with van der Waals surface area (Å²) in [5.74, 6) is 0.550. The standard InChI is InChI=1S/C9H12N4/c1-6-8(7-3-4-11-5-7)13(2)9(10)12-6/h3-5,11H,1-2H3,(H2,10,12). The van der Waals surface area contributed by atoms with Crippen molar-refractivity contribution in [3.05, 3.63) is 24.2 Å². The average molecular weight is 176 g/mol. The SMILES string of the molecule is Cc1nc(N)n(C)c1-c1cc[nH]c1. The van der Waals surface area contributed by atoms with E-state index in [-0.39, 0.29) is 0 Å². The Bertz CT molecular complexity index is 411. The Hall–Kier alpha value is -1.71. The summed E-state index contributed by atoms with van der Waals surface area (Å²) >= 11 is 0. The van der Waals surface area contributed by atoms with Crippen molar-refractivity contribution >= 4 is 5.95 Å². The van der Waals surface area contributed by atoms with Gasteiger partial charge in [-0.3, -0.25) is 0 Å². The predicted octanol–water partition coefficient (Wildman–Crippen LogP) is 1.31. The van der Waals surface area contributed by atoms with Gasteiger partial charge in [-0.15, -0.1) is 0 Å². The van der Waals surface area contributed by atoms with Gasteiger partial charge in [0, 0.05) is 25.0 Å². The zero-order chi connectivity index (χ0) is 9.42. The molecular weight excluding hydrogens is 164 g/mol. The highest BCUT2D eigenvalue weighted by Gasteiger charge is 2.10. The van der Waals surface area contributed by atoms with Crippen LogP contribution in [0.3, 0.4) is 0 Å². The number of H-pyrrole nitrogens is 1. The summed E-state index contributed by atoms with van der Waals surface area (Å²) in [4.78, 5) is 7.20. The van der Waals surface area contributed by atoms with Crippen LogP contribution in [0, 0.1) is 6.92 Å². The van der Waals surface area contributed by atoms with Crippen LogP contribution in [0.2, 0.25) is 0 Å². The lowest BCUT2D eigenvalue weighted by atomic mass is 10.2. The van der Waals surface area contributed by atoms with Crippen LogP contribution >= 0.6 is 0 Å². The number of nitrogen functional groups attached to an aromatic ring is 1. The van der Waals surface area contributed by atoms with Crippen LogP contribution in [0.15, 0.2) is 18.5 Å². The summed E-state index contributed by atoms with van der Waals surface area (Å²) in [6.07, 6.45) is 3.82. The Balaban J connectivity index is 2.64. The Kier molecular flexibility index (Phi) is 1.62. The van der Waals surface area contributed by atoms with E-state index >= 15 is 0 Å². The first-order valence-corrected chi connectivity index (χ1v) is 4.12. The molecule has 3 N–H and O–H groups in total. The molecule has 0 fully saturated rings. The van der Waals surface area contributed by atoms with E-state index in [2.05, 4.69) is 9.97 Å². The molecule has 68 valence electrons. The zero-order valence-corrected chi connectivity index (χ0v) is 7.70. The summed E-state index contributed by atoms with van der Waals surface area (Å²) in [5.41, 5.74) is 8.83. The zero-order valence-electron chi connectivity index (χ0n) is 7.70. The Morgan fingerprint density at radius 3 is 2.77 bits per heavy atom. The van der Waals surface area contributed by atoms with Crippen LogP contribution in [-0.2, 0) is 7.05 Å². The summed E-state index contributed by atoms with van der Waals surface area (Å²) < 4.78 is 1.89. The number of imidazole rings is 1. The number of hydrogen-bond donors (Lipinski definition) is 2. The molecule has 2 rings (SSSR count). The molecule has 4 nitrogen and oxygen atoms in total. The van der Waals surface area contributed by atoms with Gasteiger partial charge in [0.15, 0.2) is 0 Å². The second-order valence-electron chi connectivity index (χ2n) is 3.06. The quantitative estimate of drug-likeness (QED) is 0.688. The van der Waals surface area contributed by atoms with Crippen molar-refractivity contribution in [3.8, 4) is 11.3 Å². The van der Waals surface area contributed by atoms with E-state index in [0.717, 1.165) is 17.0 Å². The second kappa shape index (κ2) is 2.65. The summed E-state index contributed by atoms with van der Waals surface area (Å²) in [7, 11) is 1.91. The molecule has 0 aliphatic carbocycles. The third-order valence-electron chi connectivity index (χ3n) is 2.18. The molecule has 0 atom stereocenters. The number of nitrogens with one attached hydrogen (secondary N) is 1. The van der Waals surface area contributed by atoms with Gasteiger partial charge in [0.05, 0.1) is 11.4 Å². The van der Waals surface area contributed by atoms with Gasteiger partial charge in [0.1, 0.15) is 0 Å². The first kappa shape index (κ1) is 7.91. The van der Waals surface area contributed by atoms with Gasteiger partial charge >= 0.3 is 0 Å². The molecule has 0 saturated heterocycles. The van der Waals surface area contributed by atoms with Crippen LogP contribution in [0.1, 0.15) is 5.69 Å². The number of anilines is 1. The van der Waals surface area contributed by atoms with E-state index in [0.29, 0.717) is 5.95 Å². The number of hydrogen-bond acceptors (Lipinski definition) is 2. The van der Waals surface area contributed by atoms with Gasteiger partial charge in [-0.25, -0.2) is 4.98 Å². The molecule has 0 radical (unpaired) electrons. The normalized spacial score (nSPS) is 10.6. The van der Waals surface area contributed by atoms with Crippen molar-refractivity contribution in [2.75, 3.05) is 5.73 Å². The molecule has 2 aromatic heterocycles. The average Bonchev–Trinajstić information content (AvgIpc) is 2.63. The molecule has 4 heteroatoms. The van der Waals surface area contributed by atoms with Crippen molar-refractivity contribution in [3.63, 3.8) is 0 Å². The molecular formula is C9H12N4. The minimum atomic E-state index is 0.550. The monoisotopic (exact) mass is 176 g/mol. The Morgan fingerprint density at radius 1 is 1.54 bits per heavy atom. The van der Waals surface area contributed by atoms with Gasteiger partial charge in [0.25, 0.3) is 0 Å². The second-order valence-corrected chi connectivity index (χ2v) is 3.06. The maximum Gasteiger partial charge on any atom is 0.200 e. The number of rotatable bonds is 1. The van der Waals surface area contributed by atoms with Crippen LogP contribution in [-0.4, -0.2) is 14.5 Å². The largest absolute Gasteiger partial charge is 0.369 e. The fourth-order valence-corrected chi connectivity index (χ4v) is 1.53. The summed E-state index contributed by atoms with van der Waals surface area (Å²) in [6, 6.07) is 2.00. The van der Waals surface area contributed by atoms with Gasteiger partial charge in [-0.2, -0.15) is 0 Å². The maximum absolute atomic E-state index is 5.69. The highest BCUT2D eigenvalue weighted by Crippen LogP contribution is 2.23. The number of aryl methyl sites for hydroxylation is 1. The van der Waals surface area contributed by atoms with Gasteiger partial charge < -0.3 is 15.3 Å². The minimum Gasteiger partial charge on any atom is -0.369 e. The fourth-order valence-electron chi connectivity index (χ4n) is 1.53. The smallest absolute Gasteiger partial charge is 0.200 e. The van der Waals surface area contributed by atoms with Gasteiger partial charge in [-0.05, 0) is 13.0 Å². The van der Waals surface area contributed by atoms with E-state index in [4.69, 9.17) is 5.73 Å². The number of aromatic amines is 1. The predicted molar refractivity (Wildman–Crippen MR) is 52.1 cm³/mol. The molecule has 0 aliphatic heterocycles. The third kappa shape index (κ3) is 1.11. The van der Waals surface area contributed by atoms with Crippen molar-refractivity contribution < 1.29 is 0 Å². The molecule has 2 aromatic rings. The van der Waals surface area contributed by atoms with Crippen LogP contribution in [0.5, 0.6) is 0 Å². The molecule has 0 spiro atoms. The number of nitrogens with zero attached hydrogens (tertiary/aromatic N) is 2. The lowest BCUT2D eigenvalue weighted by Crippen LogP contribution is -1.98. The van der Waals surface area contributed by atoms with Gasteiger partial charge in [0.2, 0.25) is 5.95 Å². The van der Waals surface area contributed by atoms with E-state index in [9.17, 15) is 0 Å². The van der Waals surface area contributed by atoms with Crippen LogP contribution < -0.4 is 5.73 Å². The van der Waals surface area contributed by atoms with Crippen molar-refractivity contribution in [2.24, 2.45) is 7.05 Å². The third-order valence-corrected chi connectivity index (χ3v) is 2.18. The summed E-state index contributed by atoms with van der Waals surface area (Å²) in [6.45, 7) is 1.96. The molecule has 0 aliphatic rings. The summed E-state index contributed by atoms with van der Waals surface area (Å²) in [5, 5.41) is 0. The fraction of sp³-hybridized carbons (Fsp3) is 0.222. The molecule has 0 aromatic carbocycles.